The van der Waals surface area contributed by atoms with E-state index in [0.29, 0.717) is 13.0 Å². The molecule has 2 fully saturated rings. The predicted octanol–water partition coefficient (Wildman–Crippen LogP) is 0.462. The van der Waals surface area contributed by atoms with Crippen molar-refractivity contribution in [3.8, 4) is 0 Å². The number of hydrogen-bond donors (Lipinski definition) is 2. The molecule has 6 atom stereocenters. The molecule has 2 saturated heterocycles. The first-order valence-corrected chi connectivity index (χ1v) is 9.48. The summed E-state index contributed by atoms with van der Waals surface area (Å²) >= 11 is 5.90. The summed E-state index contributed by atoms with van der Waals surface area (Å²) in [6.45, 7) is 5.97. The third-order valence-corrected chi connectivity index (χ3v) is 6.81. The Morgan fingerprint density at radius 1 is 1.27 bits per heavy atom. The number of ether oxygens (including phenoxy) is 2. The summed E-state index contributed by atoms with van der Waals surface area (Å²) in [6, 6.07) is -0.168. The highest BCUT2D eigenvalue weighted by Gasteiger charge is 2.53. The average Bonchev–Trinajstić information content (AvgIpc) is 3.19. The maximum atomic E-state index is 12.7. The summed E-state index contributed by atoms with van der Waals surface area (Å²) in [4.78, 5) is 27.5. The van der Waals surface area contributed by atoms with E-state index in [1.807, 2.05) is 6.08 Å². The quantitative estimate of drug-likeness (QED) is 0.383. The minimum absolute atomic E-state index is 0.0186. The fourth-order valence-electron chi connectivity index (χ4n) is 4.11. The van der Waals surface area contributed by atoms with Crippen molar-refractivity contribution in [3.05, 3.63) is 11.6 Å². The third-order valence-electron chi connectivity index (χ3n) is 6.40. The fraction of sp³-hybridized carbons (Fsp3) is 0.778. The summed E-state index contributed by atoms with van der Waals surface area (Å²) in [7, 11) is 0. The van der Waals surface area contributed by atoms with E-state index in [9.17, 15) is 19.8 Å². The lowest BCUT2D eigenvalue weighted by atomic mass is 9.73. The van der Waals surface area contributed by atoms with Crippen LogP contribution in [0.5, 0.6) is 0 Å². The Bertz CT molecular complexity index is 635. The zero-order valence-electron chi connectivity index (χ0n) is 15.3. The molecule has 26 heavy (non-hydrogen) atoms. The van der Waals surface area contributed by atoms with Gasteiger partial charge in [-0.2, -0.15) is 0 Å². The van der Waals surface area contributed by atoms with Crippen LogP contribution in [0.3, 0.4) is 0 Å². The molecular formula is C18H26ClNO6. The van der Waals surface area contributed by atoms with E-state index < -0.39 is 47.0 Å². The summed E-state index contributed by atoms with van der Waals surface area (Å²) in [5.41, 5.74) is -3.06. The largest absolute Gasteiger partial charge is 0.459 e. The molecule has 3 rings (SSSR count). The number of nitrogens with zero attached hydrogens (tertiary/aromatic N) is 1. The van der Waals surface area contributed by atoms with Gasteiger partial charge in [0.25, 0.3) is 0 Å². The molecule has 0 saturated carbocycles. The molecule has 0 unspecified atom stereocenters. The molecule has 3 heterocycles. The molecule has 0 aromatic heterocycles. The summed E-state index contributed by atoms with van der Waals surface area (Å²) in [5, 5.41) is 21.7. The molecule has 0 aromatic rings. The molecule has 0 spiro atoms. The van der Waals surface area contributed by atoms with Gasteiger partial charge in [0, 0.05) is 24.9 Å². The predicted molar refractivity (Wildman–Crippen MR) is 93.5 cm³/mol. The summed E-state index contributed by atoms with van der Waals surface area (Å²) < 4.78 is 11.0. The molecule has 0 aliphatic carbocycles. The van der Waals surface area contributed by atoms with E-state index in [1.165, 1.54) is 6.92 Å². The van der Waals surface area contributed by atoms with E-state index >= 15 is 0 Å². The van der Waals surface area contributed by atoms with Crippen LogP contribution in [0.25, 0.3) is 0 Å². The van der Waals surface area contributed by atoms with Crippen molar-refractivity contribution >= 4 is 23.5 Å². The fourth-order valence-corrected chi connectivity index (χ4v) is 4.46. The van der Waals surface area contributed by atoms with Gasteiger partial charge in [0.2, 0.25) is 0 Å². The van der Waals surface area contributed by atoms with E-state index in [-0.39, 0.29) is 12.6 Å². The number of halogens is 1. The molecule has 3 aliphatic heterocycles. The summed E-state index contributed by atoms with van der Waals surface area (Å²) in [5.74, 6) is -3.62. The second kappa shape index (κ2) is 6.78. The number of carbonyl (C=O) groups excluding carboxylic acids is 2. The lowest BCUT2D eigenvalue weighted by Crippen LogP contribution is -2.57. The van der Waals surface area contributed by atoms with Crippen molar-refractivity contribution in [1.29, 1.82) is 0 Å². The Labute approximate surface area is 157 Å². The molecular weight excluding hydrogens is 362 g/mol. The van der Waals surface area contributed by atoms with Crippen molar-refractivity contribution < 1.29 is 29.3 Å². The van der Waals surface area contributed by atoms with Gasteiger partial charge in [0.1, 0.15) is 12.7 Å². The van der Waals surface area contributed by atoms with Gasteiger partial charge in [-0.25, -0.2) is 9.59 Å². The number of carbonyl (C=O) groups is 2. The lowest BCUT2D eigenvalue weighted by molar-refractivity contribution is -0.189. The Balaban J connectivity index is 1.98. The van der Waals surface area contributed by atoms with E-state index in [4.69, 9.17) is 21.1 Å². The molecule has 0 amide bonds. The Hall–Kier alpha value is -1.15. The summed E-state index contributed by atoms with van der Waals surface area (Å²) in [6.07, 6.45) is 2.22. The Kier molecular flexibility index (Phi) is 5.11. The van der Waals surface area contributed by atoms with Gasteiger partial charge in [-0.15, -0.1) is 11.6 Å². The molecule has 0 aromatic carbocycles. The van der Waals surface area contributed by atoms with Crippen LogP contribution in [-0.2, 0) is 19.1 Å². The van der Waals surface area contributed by atoms with Gasteiger partial charge in [0.05, 0.1) is 11.9 Å². The number of hydrogen-bond acceptors (Lipinski definition) is 7. The standard InChI is InChI=1S/C18H26ClNO6/c1-10-11(2)18(24,9-19)16(22)25-8-12-4-6-20-7-5-13(14(12)20)26-15(21)17(10,3)23/h4,10-11,13-14,23-24H,5-9H2,1-3H3/t10-,11+,13+,14+,17+,18+/m1/s1. The molecule has 0 radical (unpaired) electrons. The van der Waals surface area contributed by atoms with Gasteiger partial charge in [0.15, 0.2) is 11.2 Å². The first-order valence-electron chi connectivity index (χ1n) is 8.95. The van der Waals surface area contributed by atoms with Crippen molar-refractivity contribution in [2.45, 2.75) is 50.5 Å². The monoisotopic (exact) mass is 387 g/mol. The zero-order chi connectivity index (χ0) is 19.3. The minimum atomic E-state index is -2.02. The number of alkyl halides is 1. The molecule has 2 N–H and O–H groups in total. The van der Waals surface area contributed by atoms with Gasteiger partial charge in [-0.3, -0.25) is 4.90 Å². The van der Waals surface area contributed by atoms with E-state index in [0.717, 1.165) is 12.1 Å². The second-order valence-corrected chi connectivity index (χ2v) is 8.08. The number of aliphatic hydroxyl groups is 2. The lowest BCUT2D eigenvalue weighted by Gasteiger charge is -2.40. The Morgan fingerprint density at radius 3 is 2.62 bits per heavy atom. The molecule has 3 aliphatic rings. The number of esters is 2. The maximum absolute atomic E-state index is 12.7. The average molecular weight is 388 g/mol. The second-order valence-electron chi connectivity index (χ2n) is 7.81. The van der Waals surface area contributed by atoms with Crippen LogP contribution in [0, 0.1) is 11.8 Å². The first kappa shape index (κ1) is 19.6. The zero-order valence-corrected chi connectivity index (χ0v) is 16.0. The maximum Gasteiger partial charge on any atom is 0.340 e. The number of rotatable bonds is 1. The van der Waals surface area contributed by atoms with E-state index in [2.05, 4.69) is 4.90 Å². The van der Waals surface area contributed by atoms with Crippen LogP contribution in [0.4, 0.5) is 0 Å². The molecule has 7 nitrogen and oxygen atoms in total. The van der Waals surface area contributed by atoms with Crippen molar-refractivity contribution in [3.63, 3.8) is 0 Å². The smallest absolute Gasteiger partial charge is 0.340 e. The van der Waals surface area contributed by atoms with Gasteiger partial charge >= 0.3 is 11.9 Å². The van der Waals surface area contributed by atoms with Crippen molar-refractivity contribution in [2.24, 2.45) is 11.8 Å². The highest BCUT2D eigenvalue weighted by Crippen LogP contribution is 2.38. The molecule has 0 bridgehead atoms. The minimum Gasteiger partial charge on any atom is -0.459 e. The highest BCUT2D eigenvalue weighted by molar-refractivity contribution is 6.20. The van der Waals surface area contributed by atoms with Crippen molar-refractivity contribution in [2.75, 3.05) is 25.6 Å². The number of cyclic esters (lactones) is 1. The normalized spacial score (nSPS) is 44.5. The van der Waals surface area contributed by atoms with Crippen LogP contribution >= 0.6 is 11.6 Å². The van der Waals surface area contributed by atoms with Crippen LogP contribution in [0.1, 0.15) is 27.2 Å². The van der Waals surface area contributed by atoms with Crippen LogP contribution < -0.4 is 0 Å². The van der Waals surface area contributed by atoms with Gasteiger partial charge in [-0.1, -0.05) is 19.9 Å². The molecule has 8 heteroatoms. The third kappa shape index (κ3) is 2.95. The van der Waals surface area contributed by atoms with Crippen LogP contribution in [0.15, 0.2) is 11.6 Å². The van der Waals surface area contributed by atoms with E-state index in [1.54, 1.807) is 13.8 Å². The van der Waals surface area contributed by atoms with Gasteiger partial charge < -0.3 is 19.7 Å². The Morgan fingerprint density at radius 2 is 1.96 bits per heavy atom. The highest BCUT2D eigenvalue weighted by atomic mass is 35.5. The van der Waals surface area contributed by atoms with Crippen LogP contribution in [-0.4, -0.2) is 76.0 Å². The van der Waals surface area contributed by atoms with Crippen molar-refractivity contribution in [1.82, 2.24) is 4.90 Å². The first-order chi connectivity index (χ1) is 12.1. The molecule has 146 valence electrons. The van der Waals surface area contributed by atoms with Crippen LogP contribution in [0.2, 0.25) is 0 Å². The van der Waals surface area contributed by atoms with Gasteiger partial charge in [-0.05, 0) is 18.9 Å². The SMILES string of the molecule is C[C@@H]1[C@H](C)[C@@](O)(CCl)C(=O)OCC2=CCN3CC[C@H](OC(=O)[C@@]1(C)O)[C@H]23. The topological polar surface area (TPSA) is 96.3 Å².